The minimum atomic E-state index is 0.0316. The molecule has 2 aromatic carbocycles. The maximum Gasteiger partial charge on any atom is 0.203 e. The van der Waals surface area contributed by atoms with E-state index in [1.165, 1.54) is 11.3 Å². The maximum absolute atomic E-state index is 12.5. The first-order valence-electron chi connectivity index (χ1n) is 6.16. The quantitative estimate of drug-likeness (QED) is 0.505. The van der Waals surface area contributed by atoms with Gasteiger partial charge in [0, 0.05) is 10.0 Å². The predicted octanol–water partition coefficient (Wildman–Crippen LogP) is 5.67. The summed E-state index contributed by atoms with van der Waals surface area (Å²) in [6.07, 6.45) is 0. The lowest BCUT2D eigenvalue weighted by Crippen LogP contribution is -1.98. The van der Waals surface area contributed by atoms with Crippen LogP contribution in [0.2, 0.25) is 0 Å². The number of ketones is 1. The van der Waals surface area contributed by atoms with Crippen LogP contribution in [0.3, 0.4) is 0 Å². The zero-order valence-corrected chi connectivity index (χ0v) is 15.0. The molecule has 3 aromatic rings. The highest BCUT2D eigenvalue weighted by molar-refractivity contribution is 9.13. The van der Waals surface area contributed by atoms with Gasteiger partial charge in [-0.2, -0.15) is 0 Å². The van der Waals surface area contributed by atoms with Gasteiger partial charge in [-0.3, -0.25) is 4.79 Å². The zero-order valence-electron chi connectivity index (χ0n) is 11.0. The average Bonchev–Trinajstić information content (AvgIpc) is 2.85. The van der Waals surface area contributed by atoms with Crippen molar-refractivity contribution in [3.63, 3.8) is 0 Å². The topological polar surface area (TPSA) is 26.3 Å². The molecule has 21 heavy (non-hydrogen) atoms. The standard InChI is InChI=1S/C16H10Br2O2S/c1-20-12-5-4-9-6-11(3-2-10(9)7-12)15(19)14-8-13(17)16(18)21-14/h2-8H,1H3. The molecule has 0 atom stereocenters. The number of fused-ring (bicyclic) bond motifs is 1. The van der Waals surface area contributed by atoms with Crippen molar-refractivity contribution in [2.24, 2.45) is 0 Å². The number of ether oxygens (including phenoxy) is 1. The Morgan fingerprint density at radius 1 is 1.05 bits per heavy atom. The smallest absolute Gasteiger partial charge is 0.203 e. The molecule has 3 rings (SSSR count). The highest BCUT2D eigenvalue weighted by Crippen LogP contribution is 2.34. The van der Waals surface area contributed by atoms with Gasteiger partial charge in [0.1, 0.15) is 5.75 Å². The molecular weight excluding hydrogens is 416 g/mol. The summed E-state index contributed by atoms with van der Waals surface area (Å²) < 4.78 is 7.04. The van der Waals surface area contributed by atoms with Crippen LogP contribution in [0.4, 0.5) is 0 Å². The van der Waals surface area contributed by atoms with Crippen LogP contribution < -0.4 is 4.74 Å². The molecule has 0 N–H and O–H groups in total. The molecule has 0 amide bonds. The third-order valence-corrected chi connectivity index (χ3v) is 6.43. The van der Waals surface area contributed by atoms with Gasteiger partial charge >= 0.3 is 0 Å². The van der Waals surface area contributed by atoms with Gasteiger partial charge in [-0.25, -0.2) is 0 Å². The molecule has 0 fully saturated rings. The van der Waals surface area contributed by atoms with Crippen LogP contribution in [-0.2, 0) is 0 Å². The van der Waals surface area contributed by atoms with Crippen molar-refractivity contribution in [3.05, 3.63) is 61.2 Å². The predicted molar refractivity (Wildman–Crippen MR) is 93.7 cm³/mol. The molecule has 106 valence electrons. The zero-order chi connectivity index (χ0) is 15.0. The number of benzene rings is 2. The van der Waals surface area contributed by atoms with Crippen LogP contribution in [0.15, 0.2) is 50.7 Å². The van der Waals surface area contributed by atoms with Gasteiger partial charge in [0.25, 0.3) is 0 Å². The van der Waals surface area contributed by atoms with E-state index in [9.17, 15) is 4.79 Å². The fourth-order valence-corrected chi connectivity index (χ4v) is 4.09. The molecule has 0 aliphatic heterocycles. The third-order valence-electron chi connectivity index (χ3n) is 3.18. The number of rotatable bonds is 3. The van der Waals surface area contributed by atoms with Crippen molar-refractivity contribution < 1.29 is 9.53 Å². The molecular formula is C16H10Br2O2S. The molecule has 0 aliphatic rings. The number of hydrogen-bond acceptors (Lipinski definition) is 3. The lowest BCUT2D eigenvalue weighted by Gasteiger charge is -2.04. The van der Waals surface area contributed by atoms with Crippen molar-refractivity contribution in [1.29, 1.82) is 0 Å². The van der Waals surface area contributed by atoms with Gasteiger partial charge in [0.15, 0.2) is 0 Å². The monoisotopic (exact) mass is 424 g/mol. The van der Waals surface area contributed by atoms with Gasteiger partial charge in [0.05, 0.1) is 15.8 Å². The van der Waals surface area contributed by atoms with Crippen molar-refractivity contribution in [1.82, 2.24) is 0 Å². The van der Waals surface area contributed by atoms with Gasteiger partial charge in [-0.1, -0.05) is 18.2 Å². The number of hydrogen-bond donors (Lipinski definition) is 0. The van der Waals surface area contributed by atoms with E-state index in [-0.39, 0.29) is 5.78 Å². The van der Waals surface area contributed by atoms with E-state index in [1.54, 1.807) is 7.11 Å². The van der Waals surface area contributed by atoms with Crippen LogP contribution >= 0.6 is 43.2 Å². The molecule has 0 radical (unpaired) electrons. The summed E-state index contributed by atoms with van der Waals surface area (Å²) in [4.78, 5) is 13.2. The van der Waals surface area contributed by atoms with Crippen LogP contribution in [-0.4, -0.2) is 12.9 Å². The Morgan fingerprint density at radius 2 is 1.76 bits per heavy atom. The lowest BCUT2D eigenvalue weighted by molar-refractivity contribution is 0.104. The Balaban J connectivity index is 2.02. The van der Waals surface area contributed by atoms with E-state index in [0.717, 1.165) is 24.8 Å². The fourth-order valence-electron chi connectivity index (χ4n) is 2.09. The van der Waals surface area contributed by atoms with Crippen molar-refractivity contribution >= 4 is 59.8 Å². The van der Waals surface area contributed by atoms with Crippen molar-refractivity contribution in [2.75, 3.05) is 7.11 Å². The van der Waals surface area contributed by atoms with Crippen LogP contribution in [0.1, 0.15) is 15.2 Å². The van der Waals surface area contributed by atoms with E-state index in [4.69, 9.17) is 4.74 Å². The molecule has 2 nitrogen and oxygen atoms in total. The van der Waals surface area contributed by atoms with Gasteiger partial charge < -0.3 is 4.74 Å². The number of thiophene rings is 1. The summed E-state index contributed by atoms with van der Waals surface area (Å²) in [6.45, 7) is 0. The van der Waals surface area contributed by atoms with Gasteiger partial charge in [-0.15, -0.1) is 11.3 Å². The van der Waals surface area contributed by atoms with E-state index in [0.29, 0.717) is 10.4 Å². The van der Waals surface area contributed by atoms with E-state index < -0.39 is 0 Å². The first-order chi connectivity index (χ1) is 10.1. The highest BCUT2D eigenvalue weighted by Gasteiger charge is 2.14. The summed E-state index contributed by atoms with van der Waals surface area (Å²) >= 11 is 8.26. The van der Waals surface area contributed by atoms with Crippen LogP contribution in [0.25, 0.3) is 10.8 Å². The first-order valence-corrected chi connectivity index (χ1v) is 8.56. The first kappa shape index (κ1) is 14.8. The summed E-state index contributed by atoms with van der Waals surface area (Å²) in [5.41, 5.74) is 0.689. The molecule has 1 heterocycles. The van der Waals surface area contributed by atoms with E-state index >= 15 is 0 Å². The SMILES string of the molecule is COc1ccc2cc(C(=O)c3cc(Br)c(Br)s3)ccc2c1. The van der Waals surface area contributed by atoms with E-state index in [1.807, 2.05) is 42.5 Å². The van der Waals surface area contributed by atoms with Gasteiger partial charge in [0.2, 0.25) is 5.78 Å². The number of halogens is 2. The third kappa shape index (κ3) is 2.91. The molecule has 0 unspecified atom stereocenters. The Labute approximate surface area is 143 Å². The fraction of sp³-hybridized carbons (Fsp3) is 0.0625. The second-order valence-electron chi connectivity index (χ2n) is 4.49. The summed E-state index contributed by atoms with van der Waals surface area (Å²) in [5, 5.41) is 2.08. The Bertz CT molecular complexity index is 820. The molecule has 5 heteroatoms. The second kappa shape index (κ2) is 5.91. The molecule has 0 spiro atoms. The Kier molecular flexibility index (Phi) is 4.15. The molecule has 0 aliphatic carbocycles. The Morgan fingerprint density at radius 3 is 2.43 bits per heavy atom. The number of carbonyl (C=O) groups is 1. The number of methoxy groups -OCH3 is 1. The second-order valence-corrected chi connectivity index (χ2v) is 7.71. The summed E-state index contributed by atoms with van der Waals surface area (Å²) in [6, 6.07) is 13.4. The summed E-state index contributed by atoms with van der Waals surface area (Å²) in [7, 11) is 1.64. The average molecular weight is 426 g/mol. The van der Waals surface area contributed by atoms with E-state index in [2.05, 4.69) is 31.9 Å². The van der Waals surface area contributed by atoms with Gasteiger partial charge in [-0.05, 0) is 66.9 Å². The number of carbonyl (C=O) groups excluding carboxylic acids is 1. The van der Waals surface area contributed by atoms with Crippen LogP contribution in [0, 0.1) is 0 Å². The van der Waals surface area contributed by atoms with Crippen LogP contribution in [0.5, 0.6) is 5.75 Å². The highest BCUT2D eigenvalue weighted by atomic mass is 79.9. The maximum atomic E-state index is 12.5. The largest absolute Gasteiger partial charge is 0.497 e. The van der Waals surface area contributed by atoms with Crippen molar-refractivity contribution in [3.8, 4) is 5.75 Å². The molecule has 0 saturated carbocycles. The minimum absolute atomic E-state index is 0.0316. The minimum Gasteiger partial charge on any atom is -0.497 e. The summed E-state index contributed by atoms with van der Waals surface area (Å²) in [5.74, 6) is 0.844. The normalized spacial score (nSPS) is 10.8. The molecule has 1 aromatic heterocycles. The molecule has 0 saturated heterocycles. The lowest BCUT2D eigenvalue weighted by atomic mass is 10.0. The van der Waals surface area contributed by atoms with Crippen molar-refractivity contribution in [2.45, 2.75) is 0 Å². The Hall–Kier alpha value is -1.17. The molecule has 0 bridgehead atoms.